The molecule has 0 bridgehead atoms. The van der Waals surface area contributed by atoms with Crippen molar-refractivity contribution in [2.75, 3.05) is 0 Å². The quantitative estimate of drug-likeness (QED) is 0.748. The zero-order chi connectivity index (χ0) is 9.42. The minimum absolute atomic E-state index is 0.460. The van der Waals surface area contributed by atoms with Crippen molar-refractivity contribution in [3.05, 3.63) is 11.9 Å². The summed E-state index contributed by atoms with van der Waals surface area (Å²) in [7, 11) is 0. The summed E-state index contributed by atoms with van der Waals surface area (Å²) in [4.78, 5) is 0. The molecule has 4 nitrogen and oxygen atoms in total. The third-order valence-electron chi connectivity index (χ3n) is 2.73. The van der Waals surface area contributed by atoms with E-state index in [9.17, 15) is 5.11 Å². The molecule has 0 unspecified atom stereocenters. The van der Waals surface area contributed by atoms with E-state index in [2.05, 4.69) is 17.2 Å². The van der Waals surface area contributed by atoms with E-state index in [-0.39, 0.29) is 0 Å². The van der Waals surface area contributed by atoms with Crippen molar-refractivity contribution in [3.8, 4) is 0 Å². The summed E-state index contributed by atoms with van der Waals surface area (Å²) >= 11 is 0. The molecule has 2 rings (SSSR count). The molecule has 13 heavy (non-hydrogen) atoms. The first-order valence-corrected chi connectivity index (χ1v) is 4.76. The Kier molecular flexibility index (Phi) is 2.07. The Hall–Kier alpha value is -0.900. The average molecular weight is 181 g/mol. The van der Waals surface area contributed by atoms with E-state index in [1.807, 2.05) is 4.68 Å². The fourth-order valence-electron chi connectivity index (χ4n) is 1.89. The Morgan fingerprint density at radius 3 is 2.85 bits per heavy atom. The van der Waals surface area contributed by atoms with Gasteiger partial charge in [0.15, 0.2) is 0 Å². The molecule has 0 saturated heterocycles. The van der Waals surface area contributed by atoms with E-state index in [0.717, 1.165) is 24.5 Å². The summed E-state index contributed by atoms with van der Waals surface area (Å²) in [6.07, 6.45) is 3.49. The number of hydrogen-bond acceptors (Lipinski definition) is 3. The first kappa shape index (κ1) is 8.69. The van der Waals surface area contributed by atoms with Crippen LogP contribution in [-0.4, -0.2) is 20.1 Å². The van der Waals surface area contributed by atoms with Crippen LogP contribution in [0.3, 0.4) is 0 Å². The van der Waals surface area contributed by atoms with Gasteiger partial charge in [0.25, 0.3) is 0 Å². The maximum atomic E-state index is 9.43. The molecule has 0 amide bonds. The smallest absolute Gasteiger partial charge is 0.0945 e. The second-order valence-corrected chi connectivity index (χ2v) is 4.01. The Bertz CT molecular complexity index is 289. The lowest BCUT2D eigenvalue weighted by atomic mass is 9.82. The van der Waals surface area contributed by atoms with Gasteiger partial charge < -0.3 is 5.11 Å². The van der Waals surface area contributed by atoms with Gasteiger partial charge in [-0.25, -0.2) is 4.68 Å². The second-order valence-electron chi connectivity index (χ2n) is 4.01. The van der Waals surface area contributed by atoms with Crippen LogP contribution in [0.5, 0.6) is 0 Å². The lowest BCUT2D eigenvalue weighted by molar-refractivity contribution is 0.152. The third-order valence-corrected chi connectivity index (χ3v) is 2.73. The van der Waals surface area contributed by atoms with Crippen LogP contribution in [-0.2, 0) is 0 Å². The van der Waals surface area contributed by atoms with Crippen molar-refractivity contribution in [1.82, 2.24) is 15.0 Å². The van der Waals surface area contributed by atoms with Gasteiger partial charge >= 0.3 is 0 Å². The predicted molar refractivity (Wildman–Crippen MR) is 48.1 cm³/mol. The van der Waals surface area contributed by atoms with Crippen LogP contribution in [0.1, 0.15) is 44.5 Å². The first-order valence-electron chi connectivity index (χ1n) is 4.76. The molecule has 72 valence electrons. The van der Waals surface area contributed by atoms with Gasteiger partial charge in [0.05, 0.1) is 24.0 Å². The van der Waals surface area contributed by atoms with E-state index in [1.54, 1.807) is 13.1 Å². The maximum Gasteiger partial charge on any atom is 0.0945 e. The van der Waals surface area contributed by atoms with Crippen molar-refractivity contribution >= 4 is 0 Å². The molecular formula is C9H15N3O. The highest BCUT2D eigenvalue weighted by atomic mass is 16.3. The SMILES string of the molecule is C[C@H](O)c1cnnn1[C@H]1C[C@@H](C)C1. The number of aromatic nitrogens is 3. The number of hydrogen-bond donors (Lipinski definition) is 1. The number of rotatable bonds is 2. The van der Waals surface area contributed by atoms with Crippen LogP contribution in [0.2, 0.25) is 0 Å². The molecule has 1 fully saturated rings. The highest BCUT2D eigenvalue weighted by Gasteiger charge is 2.29. The van der Waals surface area contributed by atoms with Crippen molar-refractivity contribution in [3.63, 3.8) is 0 Å². The van der Waals surface area contributed by atoms with Crippen molar-refractivity contribution < 1.29 is 5.11 Å². The zero-order valence-corrected chi connectivity index (χ0v) is 8.01. The fraction of sp³-hybridized carbons (Fsp3) is 0.778. The van der Waals surface area contributed by atoms with Gasteiger partial charge in [-0.2, -0.15) is 0 Å². The summed E-state index contributed by atoms with van der Waals surface area (Å²) in [5.74, 6) is 0.788. The molecule has 1 heterocycles. The van der Waals surface area contributed by atoms with Gasteiger partial charge in [-0.3, -0.25) is 0 Å². The van der Waals surface area contributed by atoms with Crippen LogP contribution in [0.4, 0.5) is 0 Å². The second kappa shape index (κ2) is 3.10. The summed E-state index contributed by atoms with van der Waals surface area (Å²) in [6.45, 7) is 3.98. The Morgan fingerprint density at radius 2 is 2.31 bits per heavy atom. The van der Waals surface area contributed by atoms with Gasteiger partial charge in [0.2, 0.25) is 0 Å². The molecule has 1 N–H and O–H groups in total. The number of nitrogens with zero attached hydrogens (tertiary/aromatic N) is 3. The van der Waals surface area contributed by atoms with Gasteiger partial charge in [0.1, 0.15) is 0 Å². The number of aliphatic hydroxyl groups excluding tert-OH is 1. The van der Waals surface area contributed by atoms with Crippen molar-refractivity contribution in [1.29, 1.82) is 0 Å². The molecule has 0 aromatic carbocycles. The summed E-state index contributed by atoms with van der Waals surface area (Å²) in [6, 6.07) is 0.460. The Balaban J connectivity index is 2.16. The average Bonchev–Trinajstić information content (AvgIpc) is 2.45. The summed E-state index contributed by atoms with van der Waals surface area (Å²) in [5, 5.41) is 17.3. The molecular weight excluding hydrogens is 166 g/mol. The molecule has 1 atom stereocenters. The monoisotopic (exact) mass is 181 g/mol. The molecule has 4 heteroatoms. The van der Waals surface area contributed by atoms with E-state index in [4.69, 9.17) is 0 Å². The van der Waals surface area contributed by atoms with Crippen LogP contribution in [0.25, 0.3) is 0 Å². The standard InChI is InChI=1S/C9H15N3O/c1-6-3-8(4-6)12-9(7(2)13)5-10-11-12/h5-8,13H,3-4H2,1-2H3/t6-,7-,8+/m0/s1. The molecule has 1 aliphatic carbocycles. The highest BCUT2D eigenvalue weighted by molar-refractivity contribution is 5.01. The normalized spacial score (nSPS) is 29.8. The zero-order valence-electron chi connectivity index (χ0n) is 8.01. The topological polar surface area (TPSA) is 50.9 Å². The van der Waals surface area contributed by atoms with Crippen molar-refractivity contribution in [2.24, 2.45) is 5.92 Å². The van der Waals surface area contributed by atoms with Crippen LogP contribution in [0, 0.1) is 5.92 Å². The van der Waals surface area contributed by atoms with E-state index < -0.39 is 6.10 Å². The largest absolute Gasteiger partial charge is 0.387 e. The molecule has 0 aliphatic heterocycles. The van der Waals surface area contributed by atoms with Crippen LogP contribution in [0.15, 0.2) is 6.20 Å². The molecule has 0 spiro atoms. The lowest BCUT2D eigenvalue weighted by Crippen LogP contribution is -2.27. The predicted octanol–water partition coefficient (Wildman–Crippen LogP) is 1.30. The van der Waals surface area contributed by atoms with Gasteiger partial charge in [-0.1, -0.05) is 12.1 Å². The summed E-state index contributed by atoms with van der Waals surface area (Å²) < 4.78 is 1.87. The summed E-state index contributed by atoms with van der Waals surface area (Å²) in [5.41, 5.74) is 0.830. The van der Waals surface area contributed by atoms with Crippen molar-refractivity contribution in [2.45, 2.75) is 38.8 Å². The lowest BCUT2D eigenvalue weighted by Gasteiger charge is -2.33. The highest BCUT2D eigenvalue weighted by Crippen LogP contribution is 2.37. The number of aliphatic hydroxyl groups is 1. The van der Waals surface area contributed by atoms with E-state index in [0.29, 0.717) is 6.04 Å². The van der Waals surface area contributed by atoms with Crippen LogP contribution < -0.4 is 0 Å². The molecule has 1 saturated carbocycles. The van der Waals surface area contributed by atoms with Gasteiger partial charge in [0, 0.05) is 0 Å². The molecule has 0 radical (unpaired) electrons. The van der Waals surface area contributed by atoms with E-state index in [1.165, 1.54) is 0 Å². The molecule has 1 aromatic rings. The Morgan fingerprint density at radius 1 is 1.62 bits per heavy atom. The Labute approximate surface area is 77.6 Å². The minimum atomic E-state index is -0.467. The first-order chi connectivity index (χ1) is 6.18. The fourth-order valence-corrected chi connectivity index (χ4v) is 1.89. The maximum absolute atomic E-state index is 9.43. The molecule has 1 aromatic heterocycles. The van der Waals surface area contributed by atoms with Crippen LogP contribution >= 0.6 is 0 Å². The van der Waals surface area contributed by atoms with Gasteiger partial charge in [-0.05, 0) is 25.7 Å². The van der Waals surface area contributed by atoms with E-state index >= 15 is 0 Å². The van der Waals surface area contributed by atoms with Gasteiger partial charge in [-0.15, -0.1) is 5.10 Å². The third kappa shape index (κ3) is 1.46. The molecule has 1 aliphatic rings. The minimum Gasteiger partial charge on any atom is -0.387 e.